The number of allylic oxidation sites excluding steroid dienone is 5. The highest BCUT2D eigenvalue weighted by atomic mass is 35.5. The van der Waals surface area contributed by atoms with E-state index in [4.69, 9.17) is 33.3 Å². The maximum atomic E-state index is 15.8. The first kappa shape index (κ1) is 29.0. The van der Waals surface area contributed by atoms with Crippen LogP contribution in [0.2, 0.25) is 10.0 Å². The molecule has 2 aromatic carbocycles. The lowest BCUT2D eigenvalue weighted by Crippen LogP contribution is -2.53. The highest BCUT2D eigenvalue weighted by Crippen LogP contribution is 2.58. The molecule has 7 nitrogen and oxygen atoms in total. The maximum Gasteiger partial charge on any atom is 0.335 e. The summed E-state index contributed by atoms with van der Waals surface area (Å²) < 4.78 is 22.4. The number of amides is 1. The van der Waals surface area contributed by atoms with Crippen molar-refractivity contribution in [2.75, 3.05) is 18.5 Å². The van der Waals surface area contributed by atoms with Crippen LogP contribution >= 0.6 is 23.2 Å². The Morgan fingerprint density at radius 1 is 1.20 bits per heavy atom. The van der Waals surface area contributed by atoms with Crippen molar-refractivity contribution in [1.29, 1.82) is 5.41 Å². The minimum atomic E-state index is -1.20. The number of anilines is 1. The number of carbonyl (C=O) groups is 2. The molecule has 0 aromatic heterocycles. The average molecular weight is 635 g/mol. The van der Waals surface area contributed by atoms with Gasteiger partial charge in [-0.2, -0.15) is 0 Å². The van der Waals surface area contributed by atoms with Gasteiger partial charge >= 0.3 is 5.97 Å². The Hall–Kier alpha value is -3.72. The predicted octanol–water partition coefficient (Wildman–Crippen LogP) is 7.14. The second-order valence-electron chi connectivity index (χ2n) is 12.1. The molecule has 3 atom stereocenters. The highest BCUT2D eigenvalue weighted by molar-refractivity contribution is 6.31. The SMILES string of the molecule is N=C1C=C(C(=O)O)C=C/C1=C(/CC1=CC1)OCC1C[C@H](c2cccc(Cl)c2F)[C@]2(C(=O)Nc3cc(Cl)ccc32)N1CC1CC1. The zero-order valence-corrected chi connectivity index (χ0v) is 25.2. The summed E-state index contributed by atoms with van der Waals surface area (Å²) in [5.74, 6) is -1.44. The van der Waals surface area contributed by atoms with Gasteiger partial charge in [0.25, 0.3) is 0 Å². The molecule has 3 aliphatic carbocycles. The molecule has 7 rings (SSSR count). The molecule has 1 unspecified atom stereocenters. The van der Waals surface area contributed by atoms with E-state index < -0.39 is 23.2 Å². The monoisotopic (exact) mass is 633 g/mol. The summed E-state index contributed by atoms with van der Waals surface area (Å²) in [6, 6.07) is 10.0. The second kappa shape index (κ2) is 11.0. The van der Waals surface area contributed by atoms with Crippen molar-refractivity contribution < 1.29 is 23.8 Å². The van der Waals surface area contributed by atoms with Gasteiger partial charge in [-0.3, -0.25) is 9.69 Å². The first-order valence-electron chi connectivity index (χ1n) is 14.7. The van der Waals surface area contributed by atoms with Crippen LogP contribution in [0.5, 0.6) is 0 Å². The van der Waals surface area contributed by atoms with Gasteiger partial charge in [-0.25, -0.2) is 9.18 Å². The molecule has 0 bridgehead atoms. The summed E-state index contributed by atoms with van der Waals surface area (Å²) in [5, 5.41) is 21.5. The Morgan fingerprint density at radius 2 is 2.00 bits per heavy atom. The normalized spacial score (nSPS) is 26.8. The summed E-state index contributed by atoms with van der Waals surface area (Å²) in [7, 11) is 0. The van der Waals surface area contributed by atoms with E-state index in [1.54, 1.807) is 30.3 Å². The molecule has 10 heteroatoms. The molecule has 2 aromatic rings. The van der Waals surface area contributed by atoms with Crippen LogP contribution in [0.15, 0.2) is 83.2 Å². The predicted molar refractivity (Wildman–Crippen MR) is 167 cm³/mol. The van der Waals surface area contributed by atoms with Gasteiger partial charge < -0.3 is 20.6 Å². The van der Waals surface area contributed by atoms with Crippen LogP contribution in [0.25, 0.3) is 0 Å². The number of fused-ring (bicyclic) bond motifs is 2. The molecule has 0 radical (unpaired) electrons. The van der Waals surface area contributed by atoms with Crippen LogP contribution in [0.1, 0.15) is 49.1 Å². The molecule has 1 saturated carbocycles. The number of nitrogens with one attached hydrogen (secondary N) is 2. The molecule has 1 amide bonds. The average Bonchev–Trinajstić information content (AvgIpc) is 3.92. The molecule has 2 aliphatic heterocycles. The van der Waals surface area contributed by atoms with Crippen molar-refractivity contribution in [3.05, 3.63) is 110 Å². The van der Waals surface area contributed by atoms with E-state index in [1.165, 1.54) is 23.8 Å². The third-order valence-electron chi connectivity index (χ3n) is 9.30. The van der Waals surface area contributed by atoms with Crippen molar-refractivity contribution in [3.8, 4) is 0 Å². The summed E-state index contributed by atoms with van der Waals surface area (Å²) in [6.07, 6.45) is 10.4. The quantitative estimate of drug-likeness (QED) is 0.201. The number of hydrogen-bond acceptors (Lipinski definition) is 5. The summed E-state index contributed by atoms with van der Waals surface area (Å²) in [6.45, 7) is 0.839. The van der Waals surface area contributed by atoms with Crippen LogP contribution < -0.4 is 5.32 Å². The highest BCUT2D eigenvalue weighted by Gasteiger charge is 2.64. The van der Waals surface area contributed by atoms with E-state index in [-0.39, 0.29) is 34.9 Å². The fourth-order valence-electron chi connectivity index (χ4n) is 6.92. The fraction of sp³-hybridized carbons (Fsp3) is 0.324. The van der Waals surface area contributed by atoms with E-state index in [2.05, 4.69) is 16.3 Å². The minimum absolute atomic E-state index is 0.00179. The van der Waals surface area contributed by atoms with Crippen LogP contribution in [-0.4, -0.2) is 46.8 Å². The molecule has 2 heterocycles. The van der Waals surface area contributed by atoms with Crippen molar-refractivity contribution in [3.63, 3.8) is 0 Å². The Kier molecular flexibility index (Phi) is 7.27. The summed E-state index contributed by atoms with van der Waals surface area (Å²) in [5.41, 5.74) is 2.36. The largest absolute Gasteiger partial charge is 0.495 e. The number of nitrogens with zero attached hydrogens (tertiary/aromatic N) is 1. The Morgan fingerprint density at radius 3 is 2.70 bits per heavy atom. The number of hydrogen-bond donors (Lipinski definition) is 3. The molecule has 3 N–H and O–H groups in total. The lowest BCUT2D eigenvalue weighted by atomic mass is 9.75. The van der Waals surface area contributed by atoms with E-state index in [0.717, 1.165) is 24.8 Å². The standard InChI is InChI=1S/C34H30Cl2FN3O4/c35-21-9-11-25-29(14-21)39-33(43)34(25)26(23-2-1-3-27(36)31(23)37)15-22(40(34)16-19-6-7-19)17-44-30(12-18-4-5-18)24-10-8-20(32(41)42)13-28(24)38/h1-4,8-11,13-14,19,22,26,38H,5-7,12,15-17H2,(H,39,43)(H,41,42)/b30-24+,38-28?/t22?,26-,34-/m1/s1. The smallest absolute Gasteiger partial charge is 0.335 e. The van der Waals surface area contributed by atoms with Crippen molar-refractivity contribution in [1.82, 2.24) is 4.90 Å². The van der Waals surface area contributed by atoms with Crippen LogP contribution in [0.3, 0.4) is 0 Å². The van der Waals surface area contributed by atoms with Crippen molar-refractivity contribution in [2.45, 2.75) is 49.6 Å². The van der Waals surface area contributed by atoms with Crippen LogP contribution in [0, 0.1) is 17.1 Å². The van der Waals surface area contributed by atoms with E-state index >= 15 is 4.39 Å². The molecule has 1 saturated heterocycles. The fourth-order valence-corrected chi connectivity index (χ4v) is 7.27. The molecular formula is C34H30Cl2FN3O4. The van der Waals surface area contributed by atoms with Gasteiger partial charge in [0.05, 0.1) is 16.3 Å². The van der Waals surface area contributed by atoms with Gasteiger partial charge in [0, 0.05) is 46.8 Å². The number of carbonyl (C=O) groups excluding carboxylic acids is 1. The number of likely N-dealkylation sites (tertiary alicyclic amines) is 1. The zero-order chi connectivity index (χ0) is 30.7. The topological polar surface area (TPSA) is 103 Å². The van der Waals surface area contributed by atoms with Gasteiger partial charge in [-0.05, 0) is 73.6 Å². The van der Waals surface area contributed by atoms with Crippen molar-refractivity contribution in [2.24, 2.45) is 5.92 Å². The van der Waals surface area contributed by atoms with E-state index in [9.17, 15) is 14.7 Å². The van der Waals surface area contributed by atoms with Gasteiger partial charge in [0.1, 0.15) is 23.7 Å². The van der Waals surface area contributed by atoms with Gasteiger partial charge in [0.2, 0.25) is 5.91 Å². The minimum Gasteiger partial charge on any atom is -0.495 e. The van der Waals surface area contributed by atoms with E-state index in [0.29, 0.717) is 52.9 Å². The van der Waals surface area contributed by atoms with Crippen LogP contribution in [-0.2, 0) is 19.9 Å². The van der Waals surface area contributed by atoms with Gasteiger partial charge in [0.15, 0.2) is 0 Å². The molecule has 44 heavy (non-hydrogen) atoms. The van der Waals surface area contributed by atoms with Gasteiger partial charge in [-0.15, -0.1) is 0 Å². The number of halogens is 3. The van der Waals surface area contributed by atoms with E-state index in [1.807, 2.05) is 6.07 Å². The molecule has 2 fully saturated rings. The number of benzene rings is 2. The molecule has 226 valence electrons. The molecule has 5 aliphatic rings. The zero-order valence-electron chi connectivity index (χ0n) is 23.7. The maximum absolute atomic E-state index is 15.8. The Balaban J connectivity index is 1.30. The number of carboxylic acids is 1. The number of aliphatic carboxylic acids is 1. The van der Waals surface area contributed by atoms with Gasteiger partial charge in [-0.1, -0.05) is 53.1 Å². The summed E-state index contributed by atoms with van der Waals surface area (Å²) in [4.78, 5) is 28.0. The lowest BCUT2D eigenvalue weighted by molar-refractivity contribution is -0.132. The van der Waals surface area contributed by atoms with Crippen molar-refractivity contribution >= 4 is 46.5 Å². The molecular weight excluding hydrogens is 604 g/mol. The number of ether oxygens (including phenoxy) is 1. The third kappa shape index (κ3) is 4.99. The third-order valence-corrected chi connectivity index (χ3v) is 9.83. The lowest BCUT2D eigenvalue weighted by Gasteiger charge is -2.40. The number of rotatable bonds is 9. The molecule has 1 spiro atoms. The summed E-state index contributed by atoms with van der Waals surface area (Å²) >= 11 is 12.6. The number of carboxylic acid groups (broad SMARTS) is 1. The Labute approximate surface area is 264 Å². The Bertz CT molecular complexity index is 1740. The first-order chi connectivity index (χ1) is 21.2. The first-order valence-corrected chi connectivity index (χ1v) is 15.5. The second-order valence-corrected chi connectivity index (χ2v) is 13.0. The van der Waals surface area contributed by atoms with Crippen LogP contribution in [0.4, 0.5) is 10.1 Å².